The van der Waals surface area contributed by atoms with E-state index in [0.717, 1.165) is 22.4 Å². The quantitative estimate of drug-likeness (QED) is 0.746. The van der Waals surface area contributed by atoms with Gasteiger partial charge in [-0.1, -0.05) is 24.3 Å². The Hall–Kier alpha value is -2.86. The van der Waals surface area contributed by atoms with Crippen LogP contribution in [-0.4, -0.2) is 4.98 Å². The van der Waals surface area contributed by atoms with Crippen molar-refractivity contribution in [2.24, 2.45) is 0 Å². The maximum atomic E-state index is 8.88. The van der Waals surface area contributed by atoms with E-state index >= 15 is 0 Å². The van der Waals surface area contributed by atoms with Crippen LogP contribution in [0.1, 0.15) is 5.56 Å². The molecule has 0 radical (unpaired) electrons. The second kappa shape index (κ2) is 4.79. The third-order valence-corrected chi connectivity index (χ3v) is 2.86. The summed E-state index contributed by atoms with van der Waals surface area (Å²) in [6.45, 7) is 0. The van der Waals surface area contributed by atoms with Crippen LogP contribution in [0.2, 0.25) is 0 Å². The molecule has 0 spiro atoms. The molecule has 1 aromatic heterocycles. The number of benzene rings is 2. The van der Waals surface area contributed by atoms with E-state index in [9.17, 15) is 0 Å². The van der Waals surface area contributed by atoms with Gasteiger partial charge in [0.1, 0.15) is 5.82 Å². The standard InChI is InChI=1S/C16H11N3/c17-11-12-4-3-6-14(10-12)18-16-9-8-13-5-1-2-7-15(13)19-16/h1-10H,(H,18,19). The van der Waals surface area contributed by atoms with Crippen molar-refractivity contribution in [3.05, 3.63) is 66.2 Å². The fraction of sp³-hybridized carbons (Fsp3) is 0. The summed E-state index contributed by atoms with van der Waals surface area (Å²) in [6.07, 6.45) is 0. The molecule has 1 N–H and O–H groups in total. The van der Waals surface area contributed by atoms with Crippen LogP contribution in [0.5, 0.6) is 0 Å². The molecule has 3 heteroatoms. The number of aromatic nitrogens is 1. The van der Waals surface area contributed by atoms with E-state index in [0.29, 0.717) is 5.56 Å². The van der Waals surface area contributed by atoms with Crippen LogP contribution in [0.4, 0.5) is 11.5 Å². The first-order valence-electron chi connectivity index (χ1n) is 5.98. The molecular weight excluding hydrogens is 234 g/mol. The van der Waals surface area contributed by atoms with Crippen LogP contribution in [0.25, 0.3) is 10.9 Å². The van der Waals surface area contributed by atoms with E-state index in [-0.39, 0.29) is 0 Å². The molecule has 0 atom stereocenters. The Labute approximate surface area is 111 Å². The van der Waals surface area contributed by atoms with E-state index in [1.165, 1.54) is 0 Å². The first-order chi connectivity index (χ1) is 9.35. The molecule has 0 aliphatic carbocycles. The number of pyridine rings is 1. The molecule has 3 nitrogen and oxygen atoms in total. The summed E-state index contributed by atoms with van der Waals surface area (Å²) >= 11 is 0. The smallest absolute Gasteiger partial charge is 0.131 e. The third kappa shape index (κ3) is 2.38. The highest BCUT2D eigenvalue weighted by molar-refractivity contribution is 5.80. The number of hydrogen-bond acceptors (Lipinski definition) is 3. The van der Waals surface area contributed by atoms with Gasteiger partial charge in [-0.3, -0.25) is 0 Å². The maximum Gasteiger partial charge on any atom is 0.131 e. The summed E-state index contributed by atoms with van der Waals surface area (Å²) in [5.41, 5.74) is 2.44. The molecule has 0 saturated carbocycles. The largest absolute Gasteiger partial charge is 0.340 e. The van der Waals surface area contributed by atoms with Gasteiger partial charge < -0.3 is 5.32 Å². The van der Waals surface area contributed by atoms with Gasteiger partial charge in [-0.15, -0.1) is 0 Å². The zero-order valence-electron chi connectivity index (χ0n) is 10.2. The van der Waals surface area contributed by atoms with Crippen molar-refractivity contribution >= 4 is 22.4 Å². The highest BCUT2D eigenvalue weighted by Crippen LogP contribution is 2.19. The van der Waals surface area contributed by atoms with Gasteiger partial charge in [0.05, 0.1) is 17.1 Å². The Morgan fingerprint density at radius 3 is 2.74 bits per heavy atom. The fourth-order valence-electron chi connectivity index (χ4n) is 1.95. The lowest BCUT2D eigenvalue weighted by atomic mass is 10.2. The molecule has 0 amide bonds. The van der Waals surface area contributed by atoms with Crippen LogP contribution in [0.3, 0.4) is 0 Å². The van der Waals surface area contributed by atoms with E-state index in [1.54, 1.807) is 12.1 Å². The molecule has 2 aromatic carbocycles. The summed E-state index contributed by atoms with van der Waals surface area (Å²) in [5.74, 6) is 0.772. The number of nitrogens with one attached hydrogen (secondary N) is 1. The number of fused-ring (bicyclic) bond motifs is 1. The van der Waals surface area contributed by atoms with E-state index in [1.807, 2.05) is 48.5 Å². The molecule has 0 saturated heterocycles. The van der Waals surface area contributed by atoms with Crippen molar-refractivity contribution in [3.63, 3.8) is 0 Å². The summed E-state index contributed by atoms with van der Waals surface area (Å²) < 4.78 is 0. The molecule has 3 aromatic rings. The maximum absolute atomic E-state index is 8.88. The lowest BCUT2D eigenvalue weighted by Gasteiger charge is -2.06. The summed E-state index contributed by atoms with van der Waals surface area (Å²) in [4.78, 5) is 4.53. The number of nitrogens with zero attached hydrogens (tertiary/aromatic N) is 2. The third-order valence-electron chi connectivity index (χ3n) is 2.86. The number of hydrogen-bond donors (Lipinski definition) is 1. The van der Waals surface area contributed by atoms with Gasteiger partial charge in [0.25, 0.3) is 0 Å². The Kier molecular flexibility index (Phi) is 2.83. The van der Waals surface area contributed by atoms with Crippen LogP contribution < -0.4 is 5.32 Å². The summed E-state index contributed by atoms with van der Waals surface area (Å²) in [5, 5.41) is 13.2. The van der Waals surface area contributed by atoms with Gasteiger partial charge in [0, 0.05) is 11.1 Å². The molecule has 3 rings (SSSR count). The van der Waals surface area contributed by atoms with E-state index < -0.39 is 0 Å². The predicted octanol–water partition coefficient (Wildman–Crippen LogP) is 3.85. The predicted molar refractivity (Wildman–Crippen MR) is 76.2 cm³/mol. The zero-order valence-corrected chi connectivity index (χ0v) is 10.2. The van der Waals surface area contributed by atoms with Gasteiger partial charge in [-0.2, -0.15) is 5.26 Å². The minimum Gasteiger partial charge on any atom is -0.340 e. The Morgan fingerprint density at radius 1 is 0.947 bits per heavy atom. The summed E-state index contributed by atoms with van der Waals surface area (Å²) in [7, 11) is 0. The van der Waals surface area contributed by atoms with Gasteiger partial charge in [-0.25, -0.2) is 4.98 Å². The van der Waals surface area contributed by atoms with E-state index in [4.69, 9.17) is 5.26 Å². The number of nitriles is 1. The van der Waals surface area contributed by atoms with E-state index in [2.05, 4.69) is 16.4 Å². The van der Waals surface area contributed by atoms with Gasteiger partial charge >= 0.3 is 0 Å². The molecular formula is C16H11N3. The van der Waals surface area contributed by atoms with Crippen molar-refractivity contribution < 1.29 is 0 Å². The number of rotatable bonds is 2. The molecule has 90 valence electrons. The lowest BCUT2D eigenvalue weighted by Crippen LogP contribution is -1.93. The highest BCUT2D eigenvalue weighted by Gasteiger charge is 1.99. The molecule has 0 bridgehead atoms. The van der Waals surface area contributed by atoms with Crippen molar-refractivity contribution in [1.29, 1.82) is 5.26 Å². The van der Waals surface area contributed by atoms with Crippen molar-refractivity contribution in [2.75, 3.05) is 5.32 Å². The zero-order chi connectivity index (χ0) is 13.1. The Bertz CT molecular complexity index is 772. The molecule has 0 unspecified atom stereocenters. The minimum absolute atomic E-state index is 0.630. The number of anilines is 2. The van der Waals surface area contributed by atoms with Crippen LogP contribution in [0.15, 0.2) is 60.7 Å². The molecule has 19 heavy (non-hydrogen) atoms. The average Bonchev–Trinajstić information content (AvgIpc) is 2.47. The normalized spacial score (nSPS) is 10.1. The fourth-order valence-corrected chi connectivity index (χ4v) is 1.95. The topological polar surface area (TPSA) is 48.7 Å². The Balaban J connectivity index is 1.94. The van der Waals surface area contributed by atoms with Gasteiger partial charge in [0.2, 0.25) is 0 Å². The van der Waals surface area contributed by atoms with Crippen LogP contribution >= 0.6 is 0 Å². The van der Waals surface area contributed by atoms with Crippen molar-refractivity contribution in [3.8, 4) is 6.07 Å². The first kappa shape index (κ1) is 11.2. The first-order valence-corrected chi connectivity index (χ1v) is 5.98. The second-order valence-electron chi connectivity index (χ2n) is 4.21. The average molecular weight is 245 g/mol. The molecule has 0 aliphatic rings. The van der Waals surface area contributed by atoms with Crippen molar-refractivity contribution in [2.45, 2.75) is 0 Å². The SMILES string of the molecule is N#Cc1cccc(Nc2ccc3ccccc3n2)c1. The van der Waals surface area contributed by atoms with Gasteiger partial charge in [-0.05, 0) is 36.4 Å². The summed E-state index contributed by atoms with van der Waals surface area (Å²) in [6, 6.07) is 21.4. The second-order valence-corrected chi connectivity index (χ2v) is 4.21. The van der Waals surface area contributed by atoms with Gasteiger partial charge in [0.15, 0.2) is 0 Å². The Morgan fingerprint density at radius 2 is 1.84 bits per heavy atom. The minimum atomic E-state index is 0.630. The van der Waals surface area contributed by atoms with Crippen molar-refractivity contribution in [1.82, 2.24) is 4.98 Å². The number of para-hydroxylation sites is 1. The molecule has 0 fully saturated rings. The monoisotopic (exact) mass is 245 g/mol. The highest BCUT2D eigenvalue weighted by atomic mass is 15.0. The molecule has 0 aliphatic heterocycles. The van der Waals surface area contributed by atoms with Crippen LogP contribution in [0, 0.1) is 11.3 Å². The lowest BCUT2D eigenvalue weighted by molar-refractivity contribution is 1.37. The van der Waals surface area contributed by atoms with Crippen LogP contribution in [-0.2, 0) is 0 Å². The molecule has 1 heterocycles.